The molecule has 5 nitrogen and oxygen atoms in total. The molecule has 124 valence electrons. The first-order valence-corrected chi connectivity index (χ1v) is 8.81. The lowest BCUT2D eigenvalue weighted by Crippen LogP contribution is -2.36. The topological polar surface area (TPSA) is 64.6 Å². The first-order chi connectivity index (χ1) is 10.9. The van der Waals surface area contributed by atoms with Crippen molar-refractivity contribution < 1.29 is 17.9 Å². The highest BCUT2D eigenvalue weighted by atomic mass is 35.5. The Bertz CT molecular complexity index is 730. The number of ether oxygens (including phenoxy) is 2. The summed E-state index contributed by atoms with van der Waals surface area (Å²) in [4.78, 5) is 0.165. The normalized spacial score (nSPS) is 12.7. The predicted molar refractivity (Wildman–Crippen MR) is 89.7 cm³/mol. The van der Waals surface area contributed by atoms with Crippen molar-refractivity contribution in [2.24, 2.45) is 0 Å². The molecule has 0 fully saturated rings. The molecule has 0 amide bonds. The van der Waals surface area contributed by atoms with E-state index in [1.54, 1.807) is 38.3 Å². The molecule has 23 heavy (non-hydrogen) atoms. The lowest BCUT2D eigenvalue weighted by atomic mass is 10.3. The highest BCUT2D eigenvalue weighted by Gasteiger charge is 2.17. The van der Waals surface area contributed by atoms with Crippen molar-refractivity contribution >= 4 is 21.6 Å². The monoisotopic (exact) mass is 355 g/mol. The van der Waals surface area contributed by atoms with E-state index in [1.807, 2.05) is 0 Å². The van der Waals surface area contributed by atoms with Gasteiger partial charge in [-0.1, -0.05) is 11.6 Å². The molecule has 0 unspecified atom stereocenters. The molecule has 0 aliphatic heterocycles. The molecule has 2 aromatic carbocycles. The zero-order chi connectivity index (χ0) is 16.9. The molecule has 7 heteroatoms. The van der Waals surface area contributed by atoms with Crippen molar-refractivity contribution in [2.75, 3.05) is 13.7 Å². The molecule has 0 aliphatic rings. The van der Waals surface area contributed by atoms with E-state index in [-0.39, 0.29) is 11.5 Å². The van der Waals surface area contributed by atoms with Crippen molar-refractivity contribution in [1.29, 1.82) is 0 Å². The van der Waals surface area contributed by atoms with Crippen molar-refractivity contribution in [1.82, 2.24) is 4.72 Å². The van der Waals surface area contributed by atoms with E-state index in [0.29, 0.717) is 10.8 Å². The molecule has 0 saturated carbocycles. The minimum Gasteiger partial charge on any atom is -0.497 e. The van der Waals surface area contributed by atoms with Crippen LogP contribution in [0.5, 0.6) is 11.5 Å². The number of sulfonamides is 1. The van der Waals surface area contributed by atoms with Gasteiger partial charge in [-0.25, -0.2) is 13.1 Å². The highest BCUT2D eigenvalue weighted by Crippen LogP contribution is 2.17. The third-order valence-corrected chi connectivity index (χ3v) is 4.90. The molecule has 0 aromatic heterocycles. The molecule has 1 atom stereocenters. The zero-order valence-electron chi connectivity index (χ0n) is 12.8. The van der Waals surface area contributed by atoms with Gasteiger partial charge in [0.2, 0.25) is 10.0 Å². The number of methoxy groups -OCH3 is 1. The molecule has 0 bridgehead atoms. The van der Waals surface area contributed by atoms with Gasteiger partial charge in [0.1, 0.15) is 18.1 Å². The van der Waals surface area contributed by atoms with E-state index in [4.69, 9.17) is 21.1 Å². The van der Waals surface area contributed by atoms with Crippen LogP contribution < -0.4 is 14.2 Å². The number of halogens is 1. The Hall–Kier alpha value is -1.76. The van der Waals surface area contributed by atoms with E-state index in [9.17, 15) is 8.42 Å². The molecule has 0 aliphatic carbocycles. The van der Waals surface area contributed by atoms with Gasteiger partial charge >= 0.3 is 0 Å². The van der Waals surface area contributed by atoms with Crippen LogP contribution in [0.2, 0.25) is 5.02 Å². The average Bonchev–Trinajstić information content (AvgIpc) is 2.53. The van der Waals surface area contributed by atoms with Gasteiger partial charge in [0.05, 0.1) is 18.0 Å². The summed E-state index contributed by atoms with van der Waals surface area (Å²) in [5, 5.41) is 0.486. The Morgan fingerprint density at radius 3 is 2.17 bits per heavy atom. The van der Waals surface area contributed by atoms with Gasteiger partial charge in [-0.3, -0.25) is 0 Å². The second-order valence-corrected chi connectivity index (χ2v) is 7.11. The van der Waals surface area contributed by atoms with Crippen molar-refractivity contribution in [3.05, 3.63) is 53.6 Å². The molecule has 2 aromatic rings. The van der Waals surface area contributed by atoms with Gasteiger partial charge in [0, 0.05) is 5.02 Å². The SMILES string of the molecule is COc1ccc(OC[C@@H](C)NS(=O)(=O)c2ccc(Cl)cc2)cc1. The van der Waals surface area contributed by atoms with Gasteiger partial charge in [-0.15, -0.1) is 0 Å². The second kappa shape index (κ2) is 7.68. The smallest absolute Gasteiger partial charge is 0.240 e. The summed E-state index contributed by atoms with van der Waals surface area (Å²) < 4.78 is 37.6. The van der Waals surface area contributed by atoms with E-state index in [0.717, 1.165) is 5.75 Å². The Labute approximate surface area is 141 Å². The van der Waals surface area contributed by atoms with Gasteiger partial charge < -0.3 is 9.47 Å². The Balaban J connectivity index is 1.92. The van der Waals surface area contributed by atoms with Crippen LogP contribution in [0.3, 0.4) is 0 Å². The summed E-state index contributed by atoms with van der Waals surface area (Å²) >= 11 is 5.76. The minimum absolute atomic E-state index is 0.165. The Kier molecular flexibility index (Phi) is 5.87. The Morgan fingerprint density at radius 2 is 1.61 bits per heavy atom. The van der Waals surface area contributed by atoms with Crippen molar-refractivity contribution in [2.45, 2.75) is 17.9 Å². The number of rotatable bonds is 7. The molecule has 1 N–H and O–H groups in total. The summed E-state index contributed by atoms with van der Waals surface area (Å²) in [6, 6.07) is 12.7. The maximum absolute atomic E-state index is 12.2. The lowest BCUT2D eigenvalue weighted by molar-refractivity contribution is 0.287. The quantitative estimate of drug-likeness (QED) is 0.828. The maximum atomic E-state index is 12.2. The molecule has 0 heterocycles. The van der Waals surface area contributed by atoms with Crippen molar-refractivity contribution in [3.63, 3.8) is 0 Å². The zero-order valence-corrected chi connectivity index (χ0v) is 14.4. The third kappa shape index (κ3) is 5.13. The maximum Gasteiger partial charge on any atom is 0.240 e. The van der Waals surface area contributed by atoms with Crippen LogP contribution in [-0.2, 0) is 10.0 Å². The first kappa shape index (κ1) is 17.6. The number of hydrogen-bond donors (Lipinski definition) is 1. The van der Waals surface area contributed by atoms with Crippen LogP contribution in [0.4, 0.5) is 0 Å². The number of nitrogens with one attached hydrogen (secondary N) is 1. The molecular formula is C16H18ClNO4S. The predicted octanol–water partition coefficient (Wildman–Crippen LogP) is 3.09. The molecule has 0 spiro atoms. The number of hydrogen-bond acceptors (Lipinski definition) is 4. The van der Waals surface area contributed by atoms with E-state index < -0.39 is 16.1 Å². The van der Waals surface area contributed by atoms with Crippen LogP contribution in [0.1, 0.15) is 6.92 Å². The van der Waals surface area contributed by atoms with E-state index >= 15 is 0 Å². The van der Waals surface area contributed by atoms with Crippen LogP contribution in [0.25, 0.3) is 0 Å². The first-order valence-electron chi connectivity index (χ1n) is 6.95. The van der Waals surface area contributed by atoms with Crippen LogP contribution in [-0.4, -0.2) is 28.2 Å². The summed E-state index contributed by atoms with van der Waals surface area (Å²) in [6.45, 7) is 1.94. The standard InChI is InChI=1S/C16H18ClNO4S/c1-12(11-22-15-7-5-14(21-2)6-8-15)18-23(19,20)16-9-3-13(17)4-10-16/h3-10,12,18H,11H2,1-2H3/t12-/m1/s1. The van der Waals surface area contributed by atoms with Crippen LogP contribution >= 0.6 is 11.6 Å². The summed E-state index contributed by atoms with van der Waals surface area (Å²) in [6.07, 6.45) is 0. The van der Waals surface area contributed by atoms with Gasteiger partial charge in [-0.05, 0) is 55.5 Å². The largest absolute Gasteiger partial charge is 0.497 e. The molecule has 2 rings (SSSR count). The Morgan fingerprint density at radius 1 is 1.04 bits per heavy atom. The average molecular weight is 356 g/mol. The number of benzene rings is 2. The fourth-order valence-corrected chi connectivity index (χ4v) is 3.23. The summed E-state index contributed by atoms with van der Waals surface area (Å²) in [7, 11) is -2.01. The molecular weight excluding hydrogens is 338 g/mol. The highest BCUT2D eigenvalue weighted by molar-refractivity contribution is 7.89. The summed E-state index contributed by atoms with van der Waals surface area (Å²) in [5.41, 5.74) is 0. The minimum atomic E-state index is -3.60. The van der Waals surface area contributed by atoms with Gasteiger partial charge in [0.15, 0.2) is 0 Å². The molecule has 0 saturated heterocycles. The second-order valence-electron chi connectivity index (χ2n) is 4.96. The fourth-order valence-electron chi connectivity index (χ4n) is 1.87. The van der Waals surface area contributed by atoms with E-state index in [1.165, 1.54) is 24.3 Å². The summed E-state index contributed by atoms with van der Waals surface area (Å²) in [5.74, 6) is 1.37. The van der Waals surface area contributed by atoms with Crippen LogP contribution in [0.15, 0.2) is 53.4 Å². The van der Waals surface area contributed by atoms with Gasteiger partial charge in [0.25, 0.3) is 0 Å². The van der Waals surface area contributed by atoms with Gasteiger partial charge in [-0.2, -0.15) is 0 Å². The lowest BCUT2D eigenvalue weighted by Gasteiger charge is -2.15. The van der Waals surface area contributed by atoms with Crippen LogP contribution in [0, 0.1) is 0 Å². The fraction of sp³-hybridized carbons (Fsp3) is 0.250. The van der Waals surface area contributed by atoms with Crippen molar-refractivity contribution in [3.8, 4) is 11.5 Å². The molecule has 0 radical (unpaired) electrons. The van der Waals surface area contributed by atoms with E-state index in [2.05, 4.69) is 4.72 Å². The third-order valence-electron chi connectivity index (χ3n) is 3.04.